The molecule has 0 fully saturated rings. The van der Waals surface area contributed by atoms with Crippen LogP contribution in [0.15, 0.2) is 232 Å². The molecule has 0 bridgehead atoms. The summed E-state index contributed by atoms with van der Waals surface area (Å²) in [5.41, 5.74) is 15.9. The van der Waals surface area contributed by atoms with E-state index in [1.807, 2.05) is 30.3 Å². The fourth-order valence-electron chi connectivity index (χ4n) is 10.4. The first-order valence-corrected chi connectivity index (χ1v) is 22.0. The average molecular weight is 833 g/mol. The van der Waals surface area contributed by atoms with E-state index in [-0.39, 0.29) is 0 Å². The number of aromatic nitrogens is 1. The molecule has 0 amide bonds. The van der Waals surface area contributed by atoms with Gasteiger partial charge in [0, 0.05) is 49.3 Å². The lowest BCUT2D eigenvalue weighted by molar-refractivity contribution is 0.668. The van der Waals surface area contributed by atoms with E-state index in [0.717, 1.165) is 111 Å². The average Bonchev–Trinajstić information content (AvgIpc) is 4.14. The predicted molar refractivity (Wildman–Crippen MR) is 268 cm³/mol. The van der Waals surface area contributed by atoms with Crippen molar-refractivity contribution >= 4 is 105 Å². The molecule has 0 radical (unpaired) electrons. The number of anilines is 3. The highest BCUT2D eigenvalue weighted by Crippen LogP contribution is 2.49. The van der Waals surface area contributed by atoms with E-state index in [2.05, 4.69) is 198 Å². The zero-order valence-electron chi connectivity index (χ0n) is 34.9. The second-order valence-corrected chi connectivity index (χ2v) is 16.8. The van der Waals surface area contributed by atoms with Crippen molar-refractivity contribution in [3.63, 3.8) is 0 Å². The van der Waals surface area contributed by atoms with Gasteiger partial charge in [0.25, 0.3) is 0 Å². The van der Waals surface area contributed by atoms with Crippen molar-refractivity contribution in [2.75, 3.05) is 4.90 Å². The Balaban J connectivity index is 0.999. The summed E-state index contributed by atoms with van der Waals surface area (Å²) in [5.74, 6) is 0. The van der Waals surface area contributed by atoms with Gasteiger partial charge in [-0.3, -0.25) is 0 Å². The second kappa shape index (κ2) is 13.9. The monoisotopic (exact) mass is 832 g/mol. The number of hydrogen-bond donors (Lipinski definition) is 0. The van der Waals surface area contributed by atoms with Crippen molar-refractivity contribution < 1.29 is 13.3 Å². The zero-order valence-corrected chi connectivity index (χ0v) is 34.9. The molecule has 4 aromatic heterocycles. The summed E-state index contributed by atoms with van der Waals surface area (Å²) in [6, 6.07) is 77.2. The van der Waals surface area contributed by atoms with Crippen molar-refractivity contribution in [2.45, 2.75) is 0 Å². The normalized spacial score (nSPS) is 12.0. The Morgan fingerprint density at radius 2 is 0.846 bits per heavy atom. The van der Waals surface area contributed by atoms with Gasteiger partial charge < -0.3 is 22.7 Å². The van der Waals surface area contributed by atoms with E-state index in [0.29, 0.717) is 0 Å². The highest BCUT2D eigenvalue weighted by atomic mass is 16.3. The Hall–Kier alpha value is -8.80. The predicted octanol–water partition coefficient (Wildman–Crippen LogP) is 17.3. The summed E-state index contributed by atoms with van der Waals surface area (Å²) in [6.07, 6.45) is 0. The molecule has 0 aliphatic heterocycles. The largest absolute Gasteiger partial charge is 0.456 e. The fraction of sp³-hybridized carbons (Fsp3) is 0. The van der Waals surface area contributed by atoms with E-state index < -0.39 is 0 Å². The van der Waals surface area contributed by atoms with Gasteiger partial charge in [-0.1, -0.05) is 133 Å². The molecular formula is C60H36N2O3. The van der Waals surface area contributed by atoms with Gasteiger partial charge in [-0.25, -0.2) is 0 Å². The van der Waals surface area contributed by atoms with Crippen LogP contribution >= 0.6 is 0 Å². The van der Waals surface area contributed by atoms with Crippen LogP contribution in [-0.4, -0.2) is 4.57 Å². The number of para-hydroxylation sites is 5. The molecule has 0 unspecified atom stereocenters. The van der Waals surface area contributed by atoms with Crippen LogP contribution in [0.25, 0.3) is 116 Å². The summed E-state index contributed by atoms with van der Waals surface area (Å²) in [4.78, 5) is 2.38. The lowest BCUT2D eigenvalue weighted by atomic mass is 9.97. The molecule has 5 nitrogen and oxygen atoms in total. The second-order valence-electron chi connectivity index (χ2n) is 16.8. The summed E-state index contributed by atoms with van der Waals surface area (Å²) >= 11 is 0. The third kappa shape index (κ3) is 5.33. The molecule has 0 spiro atoms. The van der Waals surface area contributed by atoms with Gasteiger partial charge in [-0.05, 0) is 102 Å². The molecule has 10 aromatic carbocycles. The van der Waals surface area contributed by atoms with Gasteiger partial charge in [0.2, 0.25) is 0 Å². The highest BCUT2D eigenvalue weighted by Gasteiger charge is 2.25. The Morgan fingerprint density at radius 3 is 1.54 bits per heavy atom. The van der Waals surface area contributed by atoms with Crippen molar-refractivity contribution in [2.24, 2.45) is 0 Å². The third-order valence-electron chi connectivity index (χ3n) is 13.2. The van der Waals surface area contributed by atoms with Gasteiger partial charge in [0.15, 0.2) is 0 Å². The smallest absolute Gasteiger partial charge is 0.145 e. The van der Waals surface area contributed by atoms with Crippen LogP contribution in [0, 0.1) is 0 Å². The number of hydrogen-bond acceptors (Lipinski definition) is 4. The molecule has 5 heteroatoms. The molecule has 0 N–H and O–H groups in total. The van der Waals surface area contributed by atoms with Crippen molar-refractivity contribution in [1.82, 2.24) is 4.57 Å². The molecule has 0 saturated heterocycles. The first-order chi connectivity index (χ1) is 32.2. The van der Waals surface area contributed by atoms with Crippen molar-refractivity contribution in [3.05, 3.63) is 218 Å². The Morgan fingerprint density at radius 1 is 0.323 bits per heavy atom. The van der Waals surface area contributed by atoms with Crippen LogP contribution in [0.1, 0.15) is 0 Å². The van der Waals surface area contributed by atoms with Crippen LogP contribution < -0.4 is 4.90 Å². The van der Waals surface area contributed by atoms with E-state index in [4.69, 9.17) is 13.3 Å². The lowest BCUT2D eigenvalue weighted by Gasteiger charge is -2.27. The summed E-state index contributed by atoms with van der Waals surface area (Å²) in [5, 5.41) is 8.88. The molecule has 0 aliphatic carbocycles. The maximum Gasteiger partial charge on any atom is 0.145 e. The molecule has 0 aliphatic rings. The number of rotatable bonds is 6. The standard InChI is InChI=1S/C60H36N2O3/c1-6-22-48-43(16-1)44-17-2-7-23-49(44)62(48)40-15-11-14-38(36-40)42-34-35-51(59-47-20-5-10-27-54(47)65-60(42)59)61(50-24-13-29-56-58(50)46-19-4-9-26-53(46)64-56)39-32-30-37(31-33-39)41-21-12-28-55-57(41)45-18-3-8-25-52(45)63-55/h1-36H. The minimum atomic E-state index is 0.826. The Kier molecular flexibility index (Phi) is 7.62. The van der Waals surface area contributed by atoms with Crippen LogP contribution in [-0.2, 0) is 0 Å². The van der Waals surface area contributed by atoms with Gasteiger partial charge in [-0.2, -0.15) is 0 Å². The molecule has 4 heterocycles. The summed E-state index contributed by atoms with van der Waals surface area (Å²) in [7, 11) is 0. The van der Waals surface area contributed by atoms with Gasteiger partial charge >= 0.3 is 0 Å². The van der Waals surface area contributed by atoms with Crippen molar-refractivity contribution in [1.29, 1.82) is 0 Å². The van der Waals surface area contributed by atoms with E-state index in [1.165, 1.54) is 21.8 Å². The van der Waals surface area contributed by atoms with Crippen molar-refractivity contribution in [3.8, 4) is 27.9 Å². The Labute approximate surface area is 372 Å². The lowest BCUT2D eigenvalue weighted by Crippen LogP contribution is -2.11. The number of benzene rings is 10. The molecular weight excluding hydrogens is 797 g/mol. The molecule has 14 rings (SSSR count). The molecule has 65 heavy (non-hydrogen) atoms. The number of furan rings is 3. The third-order valence-corrected chi connectivity index (χ3v) is 13.2. The minimum Gasteiger partial charge on any atom is -0.456 e. The fourth-order valence-corrected chi connectivity index (χ4v) is 10.4. The van der Waals surface area contributed by atoms with Crippen LogP contribution in [0.2, 0.25) is 0 Å². The zero-order chi connectivity index (χ0) is 42.6. The molecule has 14 aromatic rings. The van der Waals surface area contributed by atoms with Gasteiger partial charge in [0.05, 0.1) is 33.2 Å². The van der Waals surface area contributed by atoms with Crippen LogP contribution in [0.4, 0.5) is 17.1 Å². The summed E-state index contributed by atoms with van der Waals surface area (Å²) in [6.45, 7) is 0. The summed E-state index contributed by atoms with van der Waals surface area (Å²) < 4.78 is 22.2. The topological polar surface area (TPSA) is 47.6 Å². The quantitative estimate of drug-likeness (QED) is 0.167. The van der Waals surface area contributed by atoms with Crippen LogP contribution in [0.5, 0.6) is 0 Å². The van der Waals surface area contributed by atoms with Gasteiger partial charge in [-0.15, -0.1) is 0 Å². The first kappa shape index (κ1) is 35.8. The minimum absolute atomic E-state index is 0.826. The Bertz CT molecular complexity index is 4150. The van der Waals surface area contributed by atoms with E-state index >= 15 is 0 Å². The maximum absolute atomic E-state index is 7.00. The maximum atomic E-state index is 7.00. The first-order valence-electron chi connectivity index (χ1n) is 22.0. The van der Waals surface area contributed by atoms with Gasteiger partial charge in [0.1, 0.15) is 33.5 Å². The number of fused-ring (bicyclic) bond motifs is 12. The SMILES string of the molecule is c1cc(-c2ccc(N(c3ccc(-c4cccc5oc6ccccc6c45)cc3)c3cccc4oc5ccccc5c34)c3c2oc2ccccc23)cc(-n2c3ccccc3c3ccccc32)c1. The van der Waals surface area contributed by atoms with Crippen LogP contribution in [0.3, 0.4) is 0 Å². The highest BCUT2D eigenvalue weighted by molar-refractivity contribution is 6.20. The van der Waals surface area contributed by atoms with E-state index in [1.54, 1.807) is 0 Å². The number of nitrogens with zero attached hydrogens (tertiary/aromatic N) is 2. The molecule has 0 saturated carbocycles. The molecule has 0 atom stereocenters. The molecule has 304 valence electrons. The van der Waals surface area contributed by atoms with E-state index in [9.17, 15) is 0 Å².